The normalized spacial score (nSPS) is 12.1. The zero-order valence-electron chi connectivity index (χ0n) is 8.30. The van der Waals surface area contributed by atoms with Crippen molar-refractivity contribution in [1.82, 2.24) is 0 Å². The van der Waals surface area contributed by atoms with Crippen LogP contribution in [0.5, 0.6) is 0 Å². The van der Waals surface area contributed by atoms with E-state index in [1.165, 1.54) is 0 Å². The minimum Gasteiger partial charge on any atom is -0.193 e. The monoisotopic (exact) mass is 225 g/mol. The van der Waals surface area contributed by atoms with Gasteiger partial charge in [-0.15, -0.1) is 11.3 Å². The van der Waals surface area contributed by atoms with Crippen molar-refractivity contribution in [3.05, 3.63) is 27.5 Å². The minimum absolute atomic E-state index is 0.627. The largest absolute Gasteiger partial charge is 0.193 e. The first-order valence-corrected chi connectivity index (χ1v) is 5.79. The fourth-order valence-electron chi connectivity index (χ4n) is 1.20. The topological polar surface area (TPSA) is 23.8 Å². The van der Waals surface area contributed by atoms with Gasteiger partial charge in [0.1, 0.15) is 0 Å². The van der Waals surface area contributed by atoms with E-state index in [-0.39, 0.29) is 0 Å². The predicted molar refractivity (Wildman–Crippen MR) is 62.4 cm³/mol. The summed E-state index contributed by atoms with van der Waals surface area (Å²) in [4.78, 5) is 1.02. The van der Waals surface area contributed by atoms with Gasteiger partial charge in [-0.05, 0) is 30.4 Å². The summed E-state index contributed by atoms with van der Waals surface area (Å²) >= 11 is 7.75. The molecule has 1 heterocycles. The molecule has 0 N–H and O–H groups in total. The van der Waals surface area contributed by atoms with Crippen molar-refractivity contribution in [2.45, 2.75) is 26.7 Å². The molecule has 1 aromatic heterocycles. The van der Waals surface area contributed by atoms with E-state index in [2.05, 4.69) is 6.07 Å². The maximum Gasteiger partial charge on any atom is 0.0963 e. The van der Waals surface area contributed by atoms with Crippen LogP contribution in [0.25, 0.3) is 5.03 Å². The van der Waals surface area contributed by atoms with Crippen LogP contribution in [0.15, 0.2) is 17.0 Å². The van der Waals surface area contributed by atoms with Crippen LogP contribution in [0.1, 0.15) is 30.2 Å². The number of nitrogens with zero attached hydrogens (tertiary/aromatic N) is 1. The number of hydrogen-bond acceptors (Lipinski definition) is 2. The van der Waals surface area contributed by atoms with Gasteiger partial charge in [-0.3, -0.25) is 0 Å². The molecule has 0 aliphatic heterocycles. The smallest absolute Gasteiger partial charge is 0.0963 e. The number of thiophene rings is 1. The van der Waals surface area contributed by atoms with E-state index in [0.717, 1.165) is 23.3 Å². The van der Waals surface area contributed by atoms with Gasteiger partial charge in [-0.25, -0.2) is 0 Å². The summed E-state index contributed by atoms with van der Waals surface area (Å²) in [5, 5.41) is 11.6. The van der Waals surface area contributed by atoms with Crippen LogP contribution in [0, 0.1) is 18.3 Å². The Labute approximate surface area is 93.6 Å². The van der Waals surface area contributed by atoms with Gasteiger partial charge in [0.2, 0.25) is 0 Å². The number of hydrogen-bond donors (Lipinski definition) is 0. The molecule has 0 aliphatic rings. The number of rotatable bonds is 3. The highest BCUT2D eigenvalue weighted by Crippen LogP contribution is 2.31. The molecule has 0 aromatic carbocycles. The molecular weight excluding hydrogens is 214 g/mol. The van der Waals surface area contributed by atoms with Crippen molar-refractivity contribution < 1.29 is 0 Å². The third-order valence-electron chi connectivity index (χ3n) is 1.96. The van der Waals surface area contributed by atoms with Crippen molar-refractivity contribution in [2.24, 2.45) is 0 Å². The summed E-state index contributed by atoms with van der Waals surface area (Å²) in [7, 11) is 0. The molecule has 0 amide bonds. The van der Waals surface area contributed by atoms with Gasteiger partial charge >= 0.3 is 0 Å². The fourth-order valence-corrected chi connectivity index (χ4v) is 2.51. The molecule has 0 fully saturated rings. The molecule has 1 rings (SSSR count). The van der Waals surface area contributed by atoms with E-state index in [1.807, 2.05) is 25.3 Å². The standard InChI is InChI=1S/C11H12ClNS/c1-3-4-9(7-13)10(12)11-8(2)5-6-14-11/h5-6H,3-4H2,1-2H3/b10-9-. The Kier molecular flexibility index (Phi) is 4.19. The average Bonchev–Trinajstić information content (AvgIpc) is 2.59. The van der Waals surface area contributed by atoms with Crippen LogP contribution in [-0.2, 0) is 0 Å². The van der Waals surface area contributed by atoms with Crippen molar-refractivity contribution in [1.29, 1.82) is 5.26 Å². The van der Waals surface area contributed by atoms with Crippen LogP contribution in [0.3, 0.4) is 0 Å². The molecule has 74 valence electrons. The summed E-state index contributed by atoms with van der Waals surface area (Å²) in [6.45, 7) is 4.05. The van der Waals surface area contributed by atoms with E-state index in [1.54, 1.807) is 11.3 Å². The second-order valence-electron chi connectivity index (χ2n) is 3.09. The molecule has 0 aliphatic carbocycles. The Morgan fingerprint density at radius 2 is 2.36 bits per heavy atom. The third kappa shape index (κ3) is 2.37. The summed E-state index contributed by atoms with van der Waals surface area (Å²) in [5.74, 6) is 0. The maximum absolute atomic E-state index is 8.93. The van der Waals surface area contributed by atoms with E-state index in [9.17, 15) is 0 Å². The highest BCUT2D eigenvalue weighted by Gasteiger charge is 2.09. The van der Waals surface area contributed by atoms with Crippen molar-refractivity contribution in [2.75, 3.05) is 0 Å². The van der Waals surface area contributed by atoms with Gasteiger partial charge in [-0.1, -0.05) is 24.9 Å². The zero-order valence-corrected chi connectivity index (χ0v) is 9.87. The average molecular weight is 226 g/mol. The Bertz CT molecular complexity index is 384. The molecule has 1 nitrogen and oxygen atoms in total. The van der Waals surface area contributed by atoms with Crippen molar-refractivity contribution >= 4 is 28.0 Å². The Balaban J connectivity index is 3.09. The van der Waals surface area contributed by atoms with Crippen molar-refractivity contribution in [3.8, 4) is 6.07 Å². The van der Waals surface area contributed by atoms with Crippen LogP contribution in [0.2, 0.25) is 0 Å². The Hall–Kier alpha value is -0.780. The lowest BCUT2D eigenvalue weighted by atomic mass is 10.1. The first-order valence-electron chi connectivity index (χ1n) is 4.54. The van der Waals surface area contributed by atoms with Gasteiger partial charge in [-0.2, -0.15) is 5.26 Å². The van der Waals surface area contributed by atoms with E-state index < -0.39 is 0 Å². The molecule has 3 heteroatoms. The van der Waals surface area contributed by atoms with Gasteiger partial charge in [0, 0.05) is 10.5 Å². The molecular formula is C11H12ClNS. The summed E-state index contributed by atoms with van der Waals surface area (Å²) < 4.78 is 0. The Morgan fingerprint density at radius 1 is 1.64 bits per heavy atom. The highest BCUT2D eigenvalue weighted by molar-refractivity contribution is 7.12. The fraction of sp³-hybridized carbons (Fsp3) is 0.364. The molecule has 0 bridgehead atoms. The Morgan fingerprint density at radius 3 is 2.79 bits per heavy atom. The summed E-state index contributed by atoms with van der Waals surface area (Å²) in [6, 6.07) is 4.19. The maximum atomic E-state index is 8.93. The molecule has 0 saturated heterocycles. The number of nitriles is 1. The SMILES string of the molecule is CCC/C(C#N)=C(/Cl)c1sccc1C. The second-order valence-corrected chi connectivity index (χ2v) is 4.38. The lowest BCUT2D eigenvalue weighted by molar-refractivity contribution is 0.933. The second kappa shape index (κ2) is 5.19. The number of halogens is 1. The molecule has 1 aromatic rings. The minimum atomic E-state index is 0.627. The summed E-state index contributed by atoms with van der Waals surface area (Å²) in [5.41, 5.74) is 1.84. The first-order chi connectivity index (χ1) is 6.70. The molecule has 0 atom stereocenters. The van der Waals surface area contributed by atoms with E-state index in [4.69, 9.17) is 16.9 Å². The first kappa shape index (κ1) is 11.3. The number of aryl methyl sites for hydroxylation is 1. The quantitative estimate of drug-likeness (QED) is 0.703. The predicted octanol–water partition coefficient (Wildman–Crippen LogP) is 4.33. The third-order valence-corrected chi connectivity index (χ3v) is 3.52. The highest BCUT2D eigenvalue weighted by atomic mass is 35.5. The summed E-state index contributed by atoms with van der Waals surface area (Å²) in [6.07, 6.45) is 1.70. The van der Waals surface area contributed by atoms with Crippen LogP contribution in [-0.4, -0.2) is 0 Å². The molecule has 0 spiro atoms. The van der Waals surface area contributed by atoms with Crippen molar-refractivity contribution in [3.63, 3.8) is 0 Å². The van der Waals surface area contributed by atoms with Gasteiger partial charge in [0.25, 0.3) is 0 Å². The van der Waals surface area contributed by atoms with Crippen LogP contribution >= 0.6 is 22.9 Å². The van der Waals surface area contributed by atoms with Gasteiger partial charge in [0.05, 0.1) is 11.1 Å². The van der Waals surface area contributed by atoms with E-state index >= 15 is 0 Å². The number of allylic oxidation sites excluding steroid dienone is 1. The van der Waals surface area contributed by atoms with Gasteiger partial charge < -0.3 is 0 Å². The molecule has 0 unspecified atom stereocenters. The van der Waals surface area contributed by atoms with Gasteiger partial charge in [0.15, 0.2) is 0 Å². The molecule has 0 saturated carbocycles. The lowest BCUT2D eigenvalue weighted by Crippen LogP contribution is -1.84. The van der Waals surface area contributed by atoms with Crippen LogP contribution in [0.4, 0.5) is 0 Å². The van der Waals surface area contributed by atoms with E-state index in [0.29, 0.717) is 10.6 Å². The zero-order chi connectivity index (χ0) is 10.6. The molecule has 0 radical (unpaired) electrons. The molecule has 14 heavy (non-hydrogen) atoms. The lowest BCUT2D eigenvalue weighted by Gasteiger charge is -2.01. The van der Waals surface area contributed by atoms with Crippen LogP contribution < -0.4 is 0 Å².